The van der Waals surface area contributed by atoms with E-state index in [-0.39, 0.29) is 0 Å². The fourth-order valence-electron chi connectivity index (χ4n) is 3.11. The summed E-state index contributed by atoms with van der Waals surface area (Å²) in [6.45, 7) is 0. The average Bonchev–Trinajstić information content (AvgIpc) is 2.51. The summed E-state index contributed by atoms with van der Waals surface area (Å²) in [4.78, 5) is 10.5. The van der Waals surface area contributed by atoms with E-state index in [4.69, 9.17) is 0 Å². The molecule has 0 bridgehead atoms. The zero-order chi connectivity index (χ0) is 13.3. The van der Waals surface area contributed by atoms with Crippen molar-refractivity contribution in [2.75, 3.05) is 0 Å². The average molecular weight is 258 g/mol. The van der Waals surface area contributed by atoms with Gasteiger partial charge < -0.3 is 0 Å². The number of ketones is 1. The third kappa shape index (κ3) is 5.18. The van der Waals surface area contributed by atoms with Crippen LogP contribution in [0.1, 0.15) is 75.7 Å². The van der Waals surface area contributed by atoms with Gasteiger partial charge in [-0.1, -0.05) is 56.0 Å². The molecule has 0 aromatic heterocycles. The molecule has 2 saturated carbocycles. The summed E-state index contributed by atoms with van der Waals surface area (Å²) in [7, 11) is 0. The number of rotatable bonds is 1. The highest BCUT2D eigenvalue weighted by Crippen LogP contribution is 2.32. The second-order valence-corrected chi connectivity index (χ2v) is 5.84. The molecule has 19 heavy (non-hydrogen) atoms. The third-order valence-electron chi connectivity index (χ3n) is 4.29. The van der Waals surface area contributed by atoms with Crippen molar-refractivity contribution in [2.24, 2.45) is 0 Å². The van der Waals surface area contributed by atoms with Crippen LogP contribution in [0.25, 0.3) is 0 Å². The van der Waals surface area contributed by atoms with Crippen LogP contribution in [0.5, 0.6) is 0 Å². The predicted molar refractivity (Wildman–Crippen MR) is 80.4 cm³/mol. The number of hydrogen-bond acceptors (Lipinski definition) is 1. The number of benzene rings is 1. The number of carbonyl (C=O) groups excluding carboxylic acids is 1. The maximum atomic E-state index is 10.5. The normalized spacial score (nSPS) is 20.5. The van der Waals surface area contributed by atoms with E-state index in [1.165, 1.54) is 38.5 Å². The quantitative estimate of drug-likeness (QED) is 0.672. The van der Waals surface area contributed by atoms with Gasteiger partial charge in [0, 0.05) is 12.8 Å². The lowest BCUT2D eigenvalue weighted by Crippen LogP contribution is -2.03. The van der Waals surface area contributed by atoms with E-state index in [0.29, 0.717) is 5.78 Å². The van der Waals surface area contributed by atoms with Crippen LogP contribution in [0, 0.1) is 0 Å². The third-order valence-corrected chi connectivity index (χ3v) is 4.29. The van der Waals surface area contributed by atoms with E-state index in [9.17, 15) is 4.79 Å². The molecule has 1 aromatic rings. The Hall–Kier alpha value is -1.11. The molecule has 0 atom stereocenters. The maximum absolute atomic E-state index is 10.5. The van der Waals surface area contributed by atoms with Crippen molar-refractivity contribution in [1.29, 1.82) is 0 Å². The molecule has 2 fully saturated rings. The van der Waals surface area contributed by atoms with Crippen LogP contribution in [0.2, 0.25) is 0 Å². The first-order valence-electron chi connectivity index (χ1n) is 7.93. The molecule has 2 aliphatic rings. The summed E-state index contributed by atoms with van der Waals surface area (Å²) in [5.41, 5.74) is 1.55. The lowest BCUT2D eigenvalue weighted by Gasteiger charge is -2.21. The second kappa shape index (κ2) is 8.14. The summed E-state index contributed by atoms with van der Waals surface area (Å²) < 4.78 is 0. The molecule has 1 nitrogen and oxygen atoms in total. The molecule has 0 spiro atoms. The molecular formula is C18H26O. The van der Waals surface area contributed by atoms with Crippen LogP contribution in [0.15, 0.2) is 30.3 Å². The van der Waals surface area contributed by atoms with E-state index in [1.54, 1.807) is 5.56 Å². The fraction of sp³-hybridized carbons (Fsp3) is 0.611. The van der Waals surface area contributed by atoms with Gasteiger partial charge in [-0.3, -0.25) is 4.79 Å². The first kappa shape index (κ1) is 14.3. The van der Waals surface area contributed by atoms with Crippen molar-refractivity contribution in [3.05, 3.63) is 35.9 Å². The zero-order valence-corrected chi connectivity index (χ0v) is 11.9. The van der Waals surface area contributed by atoms with E-state index in [0.717, 1.165) is 31.6 Å². The van der Waals surface area contributed by atoms with Gasteiger partial charge in [-0.25, -0.2) is 0 Å². The van der Waals surface area contributed by atoms with Gasteiger partial charge in [0.2, 0.25) is 0 Å². The maximum Gasteiger partial charge on any atom is 0.132 e. The largest absolute Gasteiger partial charge is 0.300 e. The molecule has 0 radical (unpaired) electrons. The van der Waals surface area contributed by atoms with Crippen molar-refractivity contribution >= 4 is 5.78 Å². The first-order chi connectivity index (χ1) is 9.36. The van der Waals surface area contributed by atoms with Gasteiger partial charge in [-0.15, -0.1) is 0 Å². The molecule has 0 N–H and O–H groups in total. The Balaban J connectivity index is 0.000000163. The Morgan fingerprint density at radius 2 is 1.32 bits per heavy atom. The minimum absolute atomic E-state index is 0.464. The minimum Gasteiger partial charge on any atom is -0.300 e. The van der Waals surface area contributed by atoms with Crippen molar-refractivity contribution in [3.63, 3.8) is 0 Å². The molecule has 0 saturated heterocycles. The molecule has 0 unspecified atom stereocenters. The monoisotopic (exact) mass is 258 g/mol. The topological polar surface area (TPSA) is 17.1 Å². The lowest BCUT2D eigenvalue weighted by molar-refractivity contribution is -0.120. The molecule has 0 amide bonds. The number of Topliss-reactive ketones (excluding diaryl/α,β-unsaturated/α-hetero) is 1. The minimum atomic E-state index is 0.464. The van der Waals surface area contributed by atoms with Crippen LogP contribution in [-0.2, 0) is 4.79 Å². The van der Waals surface area contributed by atoms with E-state index < -0.39 is 0 Å². The molecule has 2 aliphatic carbocycles. The Morgan fingerprint density at radius 3 is 1.84 bits per heavy atom. The highest BCUT2D eigenvalue weighted by atomic mass is 16.1. The summed E-state index contributed by atoms with van der Waals surface area (Å²) in [5.74, 6) is 1.33. The standard InChI is InChI=1S/C12H16.C6H10O/c1-3-7-11(8-4-1)12-9-5-2-6-10-12;7-6-4-2-1-3-5-6/h1,3-4,7-8,12H,2,5-6,9-10H2;1-5H2. The van der Waals surface area contributed by atoms with E-state index >= 15 is 0 Å². The smallest absolute Gasteiger partial charge is 0.132 e. The van der Waals surface area contributed by atoms with Gasteiger partial charge in [0.1, 0.15) is 5.78 Å². The van der Waals surface area contributed by atoms with Gasteiger partial charge in [0.25, 0.3) is 0 Å². The van der Waals surface area contributed by atoms with E-state index in [1.807, 2.05) is 0 Å². The van der Waals surface area contributed by atoms with Crippen molar-refractivity contribution in [2.45, 2.75) is 70.1 Å². The fourth-order valence-corrected chi connectivity index (χ4v) is 3.11. The molecule has 1 aromatic carbocycles. The SMILES string of the molecule is O=C1CCCCC1.c1ccc(C2CCCCC2)cc1. The molecule has 0 heterocycles. The van der Waals surface area contributed by atoms with Crippen molar-refractivity contribution in [3.8, 4) is 0 Å². The Bertz CT molecular complexity index is 355. The van der Waals surface area contributed by atoms with Gasteiger partial charge >= 0.3 is 0 Å². The van der Waals surface area contributed by atoms with Gasteiger partial charge in [-0.2, -0.15) is 0 Å². The Labute approximate surface area is 117 Å². The predicted octanol–water partition coefficient (Wildman–Crippen LogP) is 5.25. The molecule has 0 aliphatic heterocycles. The summed E-state index contributed by atoms with van der Waals surface area (Å²) in [6.07, 6.45) is 12.4. The highest BCUT2D eigenvalue weighted by Gasteiger charge is 2.14. The van der Waals surface area contributed by atoms with Gasteiger partial charge in [0.05, 0.1) is 0 Å². The van der Waals surface area contributed by atoms with Gasteiger partial charge in [-0.05, 0) is 37.2 Å². The molecule has 104 valence electrons. The van der Waals surface area contributed by atoms with Crippen molar-refractivity contribution < 1.29 is 4.79 Å². The summed E-state index contributed by atoms with van der Waals surface area (Å²) >= 11 is 0. The van der Waals surface area contributed by atoms with E-state index in [2.05, 4.69) is 30.3 Å². The Morgan fingerprint density at radius 1 is 0.737 bits per heavy atom. The Kier molecular flexibility index (Phi) is 6.13. The van der Waals surface area contributed by atoms with Crippen molar-refractivity contribution in [1.82, 2.24) is 0 Å². The van der Waals surface area contributed by atoms with Gasteiger partial charge in [0.15, 0.2) is 0 Å². The number of hydrogen-bond donors (Lipinski definition) is 0. The molecule has 1 heteroatoms. The first-order valence-corrected chi connectivity index (χ1v) is 7.93. The zero-order valence-electron chi connectivity index (χ0n) is 11.9. The van der Waals surface area contributed by atoms with Crippen LogP contribution < -0.4 is 0 Å². The van der Waals surface area contributed by atoms with Crippen LogP contribution in [-0.4, -0.2) is 5.78 Å². The van der Waals surface area contributed by atoms with Crippen LogP contribution in [0.4, 0.5) is 0 Å². The second-order valence-electron chi connectivity index (χ2n) is 5.84. The highest BCUT2D eigenvalue weighted by molar-refractivity contribution is 5.78. The summed E-state index contributed by atoms with van der Waals surface area (Å²) in [5, 5.41) is 0. The molecular weight excluding hydrogens is 232 g/mol. The lowest BCUT2D eigenvalue weighted by atomic mass is 9.84. The summed E-state index contributed by atoms with van der Waals surface area (Å²) in [6, 6.07) is 11.0. The van der Waals surface area contributed by atoms with Crippen LogP contribution >= 0.6 is 0 Å². The number of carbonyl (C=O) groups is 1. The van der Waals surface area contributed by atoms with Crippen LogP contribution in [0.3, 0.4) is 0 Å². The molecule has 3 rings (SSSR count).